The van der Waals surface area contributed by atoms with Crippen molar-refractivity contribution in [3.63, 3.8) is 0 Å². The third-order valence-corrected chi connectivity index (χ3v) is 6.21. The van der Waals surface area contributed by atoms with Crippen molar-refractivity contribution in [2.45, 2.75) is 31.4 Å². The number of carbonyl (C=O) groups is 1. The molecule has 128 valence electrons. The van der Waals surface area contributed by atoms with E-state index in [1.54, 1.807) is 29.0 Å². The van der Waals surface area contributed by atoms with Gasteiger partial charge in [0.1, 0.15) is 6.61 Å². The number of aromatic nitrogens is 2. The molecule has 1 unspecified atom stereocenters. The Morgan fingerprint density at radius 3 is 2.52 bits per heavy atom. The first kappa shape index (κ1) is 16.4. The molecule has 1 spiro atoms. The number of morpholine rings is 1. The molecular weight excluding hydrogens is 320 g/mol. The summed E-state index contributed by atoms with van der Waals surface area (Å²) in [4.78, 5) is 14.1. The van der Waals surface area contributed by atoms with Gasteiger partial charge in [-0.2, -0.15) is 5.10 Å². The molecule has 3 heterocycles. The van der Waals surface area contributed by atoms with Crippen molar-refractivity contribution < 1.29 is 17.9 Å². The van der Waals surface area contributed by atoms with Crippen molar-refractivity contribution >= 4 is 21.6 Å². The fourth-order valence-electron chi connectivity index (χ4n) is 3.51. The molecule has 1 aromatic rings. The van der Waals surface area contributed by atoms with E-state index >= 15 is 0 Å². The first-order chi connectivity index (χ1) is 10.7. The SMILES string of the molecule is CC1N(c2cnn(C)c2)C(=O)COC12CCN(S(C)(=O)=O)CC2. The fraction of sp³-hybridized carbons (Fsp3) is 0.714. The van der Waals surface area contributed by atoms with E-state index in [0.29, 0.717) is 25.9 Å². The summed E-state index contributed by atoms with van der Waals surface area (Å²) in [5.41, 5.74) is 0.239. The van der Waals surface area contributed by atoms with E-state index in [9.17, 15) is 13.2 Å². The van der Waals surface area contributed by atoms with Crippen LogP contribution < -0.4 is 4.90 Å². The van der Waals surface area contributed by atoms with E-state index in [4.69, 9.17) is 4.74 Å². The third-order valence-electron chi connectivity index (χ3n) is 4.91. The highest BCUT2D eigenvalue weighted by Gasteiger charge is 2.49. The Morgan fingerprint density at radius 2 is 2.00 bits per heavy atom. The van der Waals surface area contributed by atoms with Gasteiger partial charge in [-0.3, -0.25) is 9.48 Å². The second-order valence-corrected chi connectivity index (χ2v) is 8.31. The molecule has 2 aliphatic heterocycles. The molecule has 2 aliphatic rings. The molecule has 2 fully saturated rings. The second kappa shape index (κ2) is 5.57. The Kier molecular flexibility index (Phi) is 3.97. The summed E-state index contributed by atoms with van der Waals surface area (Å²) in [6.45, 7) is 2.80. The van der Waals surface area contributed by atoms with Crippen LogP contribution >= 0.6 is 0 Å². The molecule has 8 nitrogen and oxygen atoms in total. The first-order valence-corrected chi connectivity index (χ1v) is 9.47. The molecule has 0 bridgehead atoms. The fourth-order valence-corrected chi connectivity index (χ4v) is 4.35. The minimum absolute atomic E-state index is 0.0120. The number of rotatable bonds is 2. The van der Waals surface area contributed by atoms with E-state index in [-0.39, 0.29) is 18.6 Å². The largest absolute Gasteiger partial charge is 0.363 e. The molecule has 1 amide bonds. The Morgan fingerprint density at radius 1 is 1.35 bits per heavy atom. The third kappa shape index (κ3) is 2.88. The molecule has 1 aromatic heterocycles. The molecule has 3 rings (SSSR count). The van der Waals surface area contributed by atoms with Crippen molar-refractivity contribution in [2.24, 2.45) is 7.05 Å². The molecule has 0 N–H and O–H groups in total. The maximum atomic E-state index is 12.3. The van der Waals surface area contributed by atoms with Gasteiger partial charge in [-0.1, -0.05) is 0 Å². The molecule has 0 radical (unpaired) electrons. The van der Waals surface area contributed by atoms with Crippen LogP contribution in [0.2, 0.25) is 0 Å². The highest BCUT2D eigenvalue weighted by molar-refractivity contribution is 7.88. The molecule has 0 aromatic carbocycles. The predicted molar refractivity (Wildman–Crippen MR) is 84.5 cm³/mol. The summed E-state index contributed by atoms with van der Waals surface area (Å²) in [6, 6.07) is -0.172. The van der Waals surface area contributed by atoms with Crippen molar-refractivity contribution in [2.75, 3.05) is 30.9 Å². The van der Waals surface area contributed by atoms with Gasteiger partial charge in [0.2, 0.25) is 10.0 Å². The van der Waals surface area contributed by atoms with E-state index in [1.807, 2.05) is 6.92 Å². The van der Waals surface area contributed by atoms with Crippen LogP contribution in [0.15, 0.2) is 12.4 Å². The first-order valence-electron chi connectivity index (χ1n) is 7.63. The molecule has 9 heteroatoms. The van der Waals surface area contributed by atoms with Crippen LogP contribution in [0.5, 0.6) is 0 Å². The summed E-state index contributed by atoms with van der Waals surface area (Å²) < 4.78 is 32.4. The zero-order valence-corrected chi connectivity index (χ0v) is 14.4. The summed E-state index contributed by atoms with van der Waals surface area (Å²) >= 11 is 0. The maximum Gasteiger partial charge on any atom is 0.253 e. The topological polar surface area (TPSA) is 84.7 Å². The number of nitrogens with zero attached hydrogens (tertiary/aromatic N) is 4. The van der Waals surface area contributed by atoms with Crippen molar-refractivity contribution in [1.29, 1.82) is 0 Å². The predicted octanol–water partition coefficient (Wildman–Crippen LogP) is -0.0340. The minimum atomic E-state index is -3.19. The van der Waals surface area contributed by atoms with Gasteiger partial charge in [-0.25, -0.2) is 12.7 Å². The lowest BCUT2D eigenvalue weighted by Gasteiger charge is -2.50. The molecule has 0 aliphatic carbocycles. The van der Waals surface area contributed by atoms with Gasteiger partial charge < -0.3 is 9.64 Å². The Balaban J connectivity index is 1.83. The highest BCUT2D eigenvalue weighted by atomic mass is 32.2. The van der Waals surface area contributed by atoms with Gasteiger partial charge in [0, 0.05) is 26.3 Å². The van der Waals surface area contributed by atoms with Crippen molar-refractivity contribution in [3.8, 4) is 0 Å². The van der Waals surface area contributed by atoms with E-state index < -0.39 is 15.6 Å². The Hall–Kier alpha value is -1.45. The number of sulfonamides is 1. The zero-order chi connectivity index (χ0) is 16.8. The van der Waals surface area contributed by atoms with Crippen LogP contribution in [0.3, 0.4) is 0 Å². The number of anilines is 1. The van der Waals surface area contributed by atoms with Crippen LogP contribution in [0.1, 0.15) is 19.8 Å². The number of hydrogen-bond acceptors (Lipinski definition) is 5. The van der Waals surface area contributed by atoms with Crippen LogP contribution in [0, 0.1) is 0 Å². The molecule has 2 saturated heterocycles. The average Bonchev–Trinajstić information content (AvgIpc) is 2.90. The lowest BCUT2D eigenvalue weighted by molar-refractivity contribution is -0.150. The Bertz CT molecular complexity index is 706. The van der Waals surface area contributed by atoms with Crippen LogP contribution in [-0.4, -0.2) is 66.0 Å². The summed E-state index contributed by atoms with van der Waals surface area (Å²) in [7, 11) is -1.38. The number of carbonyl (C=O) groups excluding carboxylic acids is 1. The highest BCUT2D eigenvalue weighted by Crippen LogP contribution is 2.38. The second-order valence-electron chi connectivity index (χ2n) is 6.33. The summed E-state index contributed by atoms with van der Waals surface area (Å²) in [6.07, 6.45) is 5.84. The number of hydrogen-bond donors (Lipinski definition) is 0. The van der Waals surface area contributed by atoms with E-state index in [2.05, 4.69) is 5.10 Å². The average molecular weight is 342 g/mol. The van der Waals surface area contributed by atoms with E-state index in [1.165, 1.54) is 10.6 Å². The summed E-state index contributed by atoms with van der Waals surface area (Å²) in [5.74, 6) is -0.0957. The Labute approximate surface area is 136 Å². The monoisotopic (exact) mass is 342 g/mol. The normalized spacial score (nSPS) is 26.0. The quantitative estimate of drug-likeness (QED) is 0.753. The smallest absolute Gasteiger partial charge is 0.253 e. The summed E-state index contributed by atoms with van der Waals surface area (Å²) in [5, 5.41) is 4.13. The van der Waals surface area contributed by atoms with Gasteiger partial charge in [-0.15, -0.1) is 0 Å². The number of ether oxygens (including phenoxy) is 1. The van der Waals surface area contributed by atoms with Crippen LogP contribution in [0.25, 0.3) is 0 Å². The van der Waals surface area contributed by atoms with Crippen molar-refractivity contribution in [3.05, 3.63) is 12.4 Å². The van der Waals surface area contributed by atoms with Gasteiger partial charge in [0.25, 0.3) is 5.91 Å². The molecular formula is C14H22N4O4S. The number of piperidine rings is 1. The lowest BCUT2D eigenvalue weighted by atomic mass is 9.83. The van der Waals surface area contributed by atoms with Gasteiger partial charge in [-0.05, 0) is 19.8 Å². The van der Waals surface area contributed by atoms with Gasteiger partial charge >= 0.3 is 0 Å². The zero-order valence-electron chi connectivity index (χ0n) is 13.6. The lowest BCUT2D eigenvalue weighted by Crippen LogP contribution is -2.64. The van der Waals surface area contributed by atoms with Crippen LogP contribution in [-0.2, 0) is 26.6 Å². The molecule has 1 atom stereocenters. The van der Waals surface area contributed by atoms with Gasteiger partial charge in [0.15, 0.2) is 0 Å². The van der Waals surface area contributed by atoms with Crippen LogP contribution in [0.4, 0.5) is 5.69 Å². The molecule has 23 heavy (non-hydrogen) atoms. The molecule has 0 saturated carbocycles. The number of aryl methyl sites for hydroxylation is 1. The number of amides is 1. The van der Waals surface area contributed by atoms with Crippen molar-refractivity contribution in [1.82, 2.24) is 14.1 Å². The van der Waals surface area contributed by atoms with E-state index in [0.717, 1.165) is 5.69 Å². The van der Waals surface area contributed by atoms with Gasteiger partial charge in [0.05, 0.1) is 29.8 Å². The minimum Gasteiger partial charge on any atom is -0.363 e. The maximum absolute atomic E-state index is 12.3. The standard InChI is InChI=1S/C14H22N4O4S/c1-11-14(4-6-17(7-5-14)23(3,20)21)22-10-13(19)18(11)12-8-15-16(2)9-12/h8-9,11H,4-7,10H2,1-3H3.